The summed E-state index contributed by atoms with van der Waals surface area (Å²) in [4.78, 5) is 12.2. The van der Waals surface area contributed by atoms with Crippen LogP contribution in [0.1, 0.15) is 49.5 Å². The summed E-state index contributed by atoms with van der Waals surface area (Å²) in [6, 6.07) is 1.73. The van der Waals surface area contributed by atoms with Gasteiger partial charge in [0.05, 0.1) is 11.8 Å². The van der Waals surface area contributed by atoms with Gasteiger partial charge in [-0.3, -0.25) is 4.79 Å². The molecule has 1 aliphatic carbocycles. The molecule has 2 rings (SSSR count). The van der Waals surface area contributed by atoms with Gasteiger partial charge in [-0.2, -0.15) is 0 Å². The van der Waals surface area contributed by atoms with Gasteiger partial charge in [-0.05, 0) is 44.1 Å². The number of aromatic nitrogens is 1. The predicted octanol–water partition coefficient (Wildman–Crippen LogP) is 1.76. The molecule has 5 heteroatoms. The van der Waals surface area contributed by atoms with Crippen LogP contribution in [0.3, 0.4) is 0 Å². The first kappa shape index (κ1) is 14.9. The number of hydrogen-bond donors (Lipinski definition) is 3. The van der Waals surface area contributed by atoms with Gasteiger partial charge in [0, 0.05) is 19.3 Å². The number of carbonyl (C=O) groups excluding carboxylic acids is 1. The van der Waals surface area contributed by atoms with Crippen molar-refractivity contribution in [3.05, 3.63) is 18.0 Å². The summed E-state index contributed by atoms with van der Waals surface area (Å²) in [5, 5.41) is 12.5. The Labute approximate surface area is 120 Å². The SMILES string of the molecule is CCCn1cc(N)cc1C(=O)NCC1CCC(O)CC1. The molecule has 1 aromatic rings. The third kappa shape index (κ3) is 3.76. The summed E-state index contributed by atoms with van der Waals surface area (Å²) >= 11 is 0. The van der Waals surface area contributed by atoms with Crippen LogP contribution in [0.15, 0.2) is 12.3 Å². The molecule has 20 heavy (non-hydrogen) atoms. The second-order valence-electron chi connectivity index (χ2n) is 5.74. The number of nitrogens with one attached hydrogen (secondary N) is 1. The van der Waals surface area contributed by atoms with Crippen molar-refractivity contribution in [2.75, 3.05) is 12.3 Å². The summed E-state index contributed by atoms with van der Waals surface area (Å²) in [5.41, 5.74) is 7.04. The minimum Gasteiger partial charge on any atom is -0.397 e. The molecule has 1 saturated carbocycles. The Hall–Kier alpha value is -1.49. The number of nitrogen functional groups attached to an aromatic ring is 1. The molecular weight excluding hydrogens is 254 g/mol. The second kappa shape index (κ2) is 6.79. The van der Waals surface area contributed by atoms with Gasteiger partial charge in [0.1, 0.15) is 5.69 Å². The van der Waals surface area contributed by atoms with Crippen molar-refractivity contribution in [2.45, 2.75) is 51.7 Å². The van der Waals surface area contributed by atoms with Crippen molar-refractivity contribution < 1.29 is 9.90 Å². The summed E-state index contributed by atoms with van der Waals surface area (Å²) in [6.45, 7) is 3.56. The zero-order valence-electron chi connectivity index (χ0n) is 12.1. The van der Waals surface area contributed by atoms with E-state index in [-0.39, 0.29) is 12.0 Å². The number of carbonyl (C=O) groups is 1. The quantitative estimate of drug-likeness (QED) is 0.768. The van der Waals surface area contributed by atoms with E-state index in [9.17, 15) is 9.90 Å². The largest absolute Gasteiger partial charge is 0.397 e. The Bertz CT molecular complexity index is 448. The number of nitrogens with two attached hydrogens (primary N) is 1. The highest BCUT2D eigenvalue weighted by atomic mass is 16.3. The van der Waals surface area contributed by atoms with Gasteiger partial charge < -0.3 is 20.7 Å². The van der Waals surface area contributed by atoms with Gasteiger partial charge in [0.2, 0.25) is 0 Å². The number of nitrogens with zero attached hydrogens (tertiary/aromatic N) is 1. The first-order valence-corrected chi connectivity index (χ1v) is 7.52. The average molecular weight is 279 g/mol. The first-order valence-electron chi connectivity index (χ1n) is 7.52. The van der Waals surface area contributed by atoms with E-state index >= 15 is 0 Å². The first-order chi connectivity index (χ1) is 9.60. The molecular formula is C15H25N3O2. The second-order valence-corrected chi connectivity index (χ2v) is 5.74. The molecule has 1 aromatic heterocycles. The van der Waals surface area contributed by atoms with E-state index in [4.69, 9.17) is 5.73 Å². The van der Waals surface area contributed by atoms with Gasteiger partial charge in [0.15, 0.2) is 0 Å². The van der Waals surface area contributed by atoms with Crippen LogP contribution in [0.5, 0.6) is 0 Å². The molecule has 0 spiro atoms. The summed E-state index contributed by atoms with van der Waals surface area (Å²) < 4.78 is 1.91. The number of aliphatic hydroxyl groups is 1. The maximum absolute atomic E-state index is 12.2. The summed E-state index contributed by atoms with van der Waals surface area (Å²) in [6.07, 6.45) is 6.30. The Balaban J connectivity index is 1.88. The number of hydrogen-bond acceptors (Lipinski definition) is 3. The highest BCUT2D eigenvalue weighted by Gasteiger charge is 2.20. The molecule has 1 amide bonds. The molecule has 1 aliphatic rings. The predicted molar refractivity (Wildman–Crippen MR) is 79.4 cm³/mol. The van der Waals surface area contributed by atoms with Crippen LogP contribution in [-0.4, -0.2) is 28.2 Å². The van der Waals surface area contributed by atoms with E-state index in [1.54, 1.807) is 6.07 Å². The van der Waals surface area contributed by atoms with Crippen LogP contribution in [0.25, 0.3) is 0 Å². The number of amides is 1. The lowest BCUT2D eigenvalue weighted by Gasteiger charge is -2.25. The van der Waals surface area contributed by atoms with Crippen molar-refractivity contribution in [3.63, 3.8) is 0 Å². The molecule has 0 aliphatic heterocycles. The van der Waals surface area contributed by atoms with Crippen LogP contribution < -0.4 is 11.1 Å². The summed E-state index contributed by atoms with van der Waals surface area (Å²) in [7, 11) is 0. The van der Waals surface area contributed by atoms with E-state index in [1.807, 2.05) is 10.8 Å². The minimum atomic E-state index is -0.150. The van der Waals surface area contributed by atoms with Crippen molar-refractivity contribution in [1.29, 1.82) is 0 Å². The van der Waals surface area contributed by atoms with E-state index in [2.05, 4.69) is 12.2 Å². The topological polar surface area (TPSA) is 80.3 Å². The molecule has 5 nitrogen and oxygen atoms in total. The normalized spacial score (nSPS) is 22.7. The van der Waals surface area contributed by atoms with Crippen LogP contribution in [-0.2, 0) is 6.54 Å². The minimum absolute atomic E-state index is 0.0544. The van der Waals surface area contributed by atoms with Crippen molar-refractivity contribution >= 4 is 11.6 Å². The van der Waals surface area contributed by atoms with Crippen LogP contribution in [0.2, 0.25) is 0 Å². The molecule has 0 bridgehead atoms. The summed E-state index contributed by atoms with van der Waals surface area (Å²) in [5.74, 6) is 0.426. The van der Waals surface area contributed by atoms with Crippen LogP contribution in [0, 0.1) is 5.92 Å². The van der Waals surface area contributed by atoms with Gasteiger partial charge in [-0.1, -0.05) is 6.92 Å². The number of aryl methyl sites for hydroxylation is 1. The fraction of sp³-hybridized carbons (Fsp3) is 0.667. The fourth-order valence-corrected chi connectivity index (χ4v) is 2.83. The fourth-order valence-electron chi connectivity index (χ4n) is 2.83. The zero-order chi connectivity index (χ0) is 14.5. The zero-order valence-corrected chi connectivity index (χ0v) is 12.1. The Morgan fingerprint density at radius 1 is 1.45 bits per heavy atom. The average Bonchev–Trinajstić information content (AvgIpc) is 2.79. The molecule has 1 heterocycles. The third-order valence-electron chi connectivity index (χ3n) is 3.98. The lowest BCUT2D eigenvalue weighted by atomic mass is 9.87. The molecule has 112 valence electrons. The molecule has 0 aromatic carbocycles. The van der Waals surface area contributed by atoms with E-state index < -0.39 is 0 Å². The number of anilines is 1. The molecule has 0 radical (unpaired) electrons. The van der Waals surface area contributed by atoms with Crippen molar-refractivity contribution in [2.24, 2.45) is 5.92 Å². The Kier molecular flexibility index (Phi) is 5.06. The smallest absolute Gasteiger partial charge is 0.267 e. The highest BCUT2D eigenvalue weighted by Crippen LogP contribution is 2.23. The molecule has 0 saturated heterocycles. The molecule has 0 atom stereocenters. The Morgan fingerprint density at radius 3 is 2.80 bits per heavy atom. The van der Waals surface area contributed by atoms with Crippen molar-refractivity contribution in [1.82, 2.24) is 9.88 Å². The Morgan fingerprint density at radius 2 is 2.15 bits per heavy atom. The highest BCUT2D eigenvalue weighted by molar-refractivity contribution is 5.93. The van der Waals surface area contributed by atoms with E-state index in [0.717, 1.165) is 38.6 Å². The van der Waals surface area contributed by atoms with Gasteiger partial charge in [-0.15, -0.1) is 0 Å². The van der Waals surface area contributed by atoms with E-state index in [0.29, 0.717) is 23.8 Å². The number of aliphatic hydroxyl groups excluding tert-OH is 1. The molecule has 4 N–H and O–H groups in total. The third-order valence-corrected chi connectivity index (χ3v) is 3.98. The van der Waals surface area contributed by atoms with Gasteiger partial charge in [0.25, 0.3) is 5.91 Å². The van der Waals surface area contributed by atoms with Crippen LogP contribution in [0.4, 0.5) is 5.69 Å². The lowest BCUT2D eigenvalue weighted by Crippen LogP contribution is -2.33. The maximum atomic E-state index is 12.2. The standard InChI is InChI=1S/C15H25N3O2/c1-2-7-18-10-12(16)8-14(18)15(20)17-9-11-3-5-13(19)6-4-11/h8,10-11,13,19H,2-7,9,16H2,1H3,(H,17,20). The van der Waals surface area contributed by atoms with Gasteiger partial charge >= 0.3 is 0 Å². The van der Waals surface area contributed by atoms with Crippen LogP contribution >= 0.6 is 0 Å². The molecule has 1 fully saturated rings. The lowest BCUT2D eigenvalue weighted by molar-refractivity contribution is 0.0902. The molecule has 0 unspecified atom stereocenters. The van der Waals surface area contributed by atoms with E-state index in [1.165, 1.54) is 0 Å². The van der Waals surface area contributed by atoms with Crippen molar-refractivity contribution in [3.8, 4) is 0 Å². The monoisotopic (exact) mass is 279 g/mol. The number of rotatable bonds is 5. The van der Waals surface area contributed by atoms with Gasteiger partial charge in [-0.25, -0.2) is 0 Å². The maximum Gasteiger partial charge on any atom is 0.267 e.